The molecule has 0 spiro atoms. The van der Waals surface area contributed by atoms with Crippen molar-refractivity contribution in [1.29, 1.82) is 0 Å². The lowest BCUT2D eigenvalue weighted by molar-refractivity contribution is -0.153. The maximum Gasteiger partial charge on any atom is 0.411 e. The molecule has 1 unspecified atom stereocenters. The van der Waals surface area contributed by atoms with E-state index in [2.05, 4.69) is 0 Å². The zero-order valence-corrected chi connectivity index (χ0v) is 10.8. The van der Waals surface area contributed by atoms with Crippen molar-refractivity contribution in [2.24, 2.45) is 0 Å². The number of carbonyl (C=O) groups is 2. The van der Waals surface area contributed by atoms with E-state index in [1.807, 2.05) is 12.1 Å². The summed E-state index contributed by atoms with van der Waals surface area (Å²) in [4.78, 5) is 24.1. The lowest BCUT2D eigenvalue weighted by Gasteiger charge is -2.16. The Morgan fingerprint density at radius 1 is 1.58 bits per heavy atom. The Labute approximate surface area is 110 Å². The van der Waals surface area contributed by atoms with Gasteiger partial charge >= 0.3 is 12.1 Å². The highest BCUT2D eigenvalue weighted by atomic mass is 16.6. The first-order valence-corrected chi connectivity index (χ1v) is 5.79. The predicted molar refractivity (Wildman–Crippen MR) is 65.9 cm³/mol. The molecule has 1 aliphatic rings. The molecule has 0 radical (unpaired) electrons. The van der Waals surface area contributed by atoms with Crippen molar-refractivity contribution in [3.63, 3.8) is 0 Å². The van der Waals surface area contributed by atoms with Crippen molar-refractivity contribution in [1.82, 2.24) is 4.90 Å². The first kappa shape index (κ1) is 13.2. The summed E-state index contributed by atoms with van der Waals surface area (Å²) in [6.07, 6.45) is -0.618. The fraction of sp³-hybridized carbons (Fsp3) is 0.385. The van der Waals surface area contributed by atoms with Gasteiger partial charge < -0.3 is 14.6 Å². The first-order chi connectivity index (χ1) is 8.94. The lowest BCUT2D eigenvalue weighted by atomic mass is 10.1. The number of carboxylic acids is 1. The minimum Gasteiger partial charge on any atom is -0.497 e. The molecular weight excluding hydrogens is 250 g/mol. The van der Waals surface area contributed by atoms with Crippen LogP contribution >= 0.6 is 0 Å². The van der Waals surface area contributed by atoms with Crippen molar-refractivity contribution < 1.29 is 24.2 Å². The van der Waals surface area contributed by atoms with Gasteiger partial charge in [-0.25, -0.2) is 9.59 Å². The third-order valence-electron chi connectivity index (χ3n) is 3.02. The van der Waals surface area contributed by atoms with Gasteiger partial charge in [0.05, 0.1) is 13.7 Å². The third kappa shape index (κ3) is 2.62. The van der Waals surface area contributed by atoms with Gasteiger partial charge in [-0.3, -0.25) is 4.90 Å². The zero-order chi connectivity index (χ0) is 14.0. The fourth-order valence-electron chi connectivity index (χ4n) is 1.94. The standard InChI is InChI=1S/C13H15NO5/c1-13(11(15)16)8-14(12(17)19-13)7-9-4-3-5-10(6-9)18-2/h3-6H,7-8H2,1-2H3,(H,15,16). The Balaban J connectivity index is 2.11. The highest BCUT2D eigenvalue weighted by Crippen LogP contribution is 2.25. The molecule has 1 fully saturated rings. The Bertz CT molecular complexity index is 516. The minimum absolute atomic E-state index is 0.0262. The molecule has 1 amide bonds. The normalized spacial score (nSPS) is 22.2. The molecule has 1 saturated heterocycles. The second kappa shape index (κ2) is 4.79. The molecule has 102 valence electrons. The van der Waals surface area contributed by atoms with Crippen LogP contribution in [0.2, 0.25) is 0 Å². The Hall–Kier alpha value is -2.24. The molecule has 0 aromatic heterocycles. The quantitative estimate of drug-likeness (QED) is 0.892. The molecule has 2 rings (SSSR count). The van der Waals surface area contributed by atoms with Crippen molar-refractivity contribution >= 4 is 12.1 Å². The molecule has 0 aliphatic carbocycles. The molecule has 0 saturated carbocycles. The first-order valence-electron chi connectivity index (χ1n) is 5.79. The average Bonchev–Trinajstić information content (AvgIpc) is 2.66. The number of cyclic esters (lactones) is 1. The van der Waals surface area contributed by atoms with E-state index in [-0.39, 0.29) is 6.54 Å². The number of aliphatic carboxylic acids is 1. The Morgan fingerprint density at radius 3 is 2.89 bits per heavy atom. The number of hydrogen-bond acceptors (Lipinski definition) is 4. The Kier molecular flexibility index (Phi) is 3.33. The number of amides is 1. The van der Waals surface area contributed by atoms with E-state index < -0.39 is 17.7 Å². The van der Waals surface area contributed by atoms with Gasteiger partial charge in [0, 0.05) is 6.54 Å². The van der Waals surface area contributed by atoms with Gasteiger partial charge in [0.1, 0.15) is 5.75 Å². The number of hydrogen-bond donors (Lipinski definition) is 1. The second-order valence-corrected chi connectivity index (χ2v) is 4.61. The van der Waals surface area contributed by atoms with Crippen LogP contribution in [0.15, 0.2) is 24.3 Å². The number of nitrogens with zero attached hydrogens (tertiary/aromatic N) is 1. The summed E-state index contributed by atoms with van der Waals surface area (Å²) >= 11 is 0. The molecule has 1 heterocycles. The largest absolute Gasteiger partial charge is 0.497 e. The molecule has 1 aliphatic heterocycles. The van der Waals surface area contributed by atoms with Crippen LogP contribution in [0.25, 0.3) is 0 Å². The summed E-state index contributed by atoms with van der Waals surface area (Å²) in [7, 11) is 1.56. The van der Waals surface area contributed by atoms with Crippen LogP contribution in [0.4, 0.5) is 4.79 Å². The van der Waals surface area contributed by atoms with Crippen LogP contribution < -0.4 is 4.74 Å². The van der Waals surface area contributed by atoms with Crippen molar-refractivity contribution in [2.75, 3.05) is 13.7 Å². The van der Waals surface area contributed by atoms with Gasteiger partial charge in [0.25, 0.3) is 0 Å². The van der Waals surface area contributed by atoms with Crippen molar-refractivity contribution in [3.05, 3.63) is 29.8 Å². The average molecular weight is 265 g/mol. The van der Waals surface area contributed by atoms with Crippen LogP contribution in [-0.4, -0.2) is 41.3 Å². The maximum atomic E-state index is 11.7. The van der Waals surface area contributed by atoms with Gasteiger partial charge in [0.2, 0.25) is 5.60 Å². The van der Waals surface area contributed by atoms with Crippen LogP contribution in [-0.2, 0) is 16.1 Å². The second-order valence-electron chi connectivity index (χ2n) is 4.61. The van der Waals surface area contributed by atoms with E-state index in [4.69, 9.17) is 14.6 Å². The van der Waals surface area contributed by atoms with Crippen molar-refractivity contribution in [3.8, 4) is 5.75 Å². The molecule has 1 aromatic rings. The van der Waals surface area contributed by atoms with Gasteiger partial charge in [-0.2, -0.15) is 0 Å². The molecular formula is C13H15NO5. The van der Waals surface area contributed by atoms with Gasteiger partial charge in [0.15, 0.2) is 0 Å². The number of ether oxygens (including phenoxy) is 2. The summed E-state index contributed by atoms with van der Waals surface area (Å²) in [5.41, 5.74) is -0.624. The van der Waals surface area contributed by atoms with Crippen LogP contribution in [0.3, 0.4) is 0 Å². The number of carboxylic acid groups (broad SMARTS) is 1. The zero-order valence-electron chi connectivity index (χ0n) is 10.8. The summed E-state index contributed by atoms with van der Waals surface area (Å²) in [6.45, 7) is 1.70. The summed E-state index contributed by atoms with van der Waals surface area (Å²) in [5, 5.41) is 9.03. The molecule has 6 nitrogen and oxygen atoms in total. The molecule has 6 heteroatoms. The Morgan fingerprint density at radius 2 is 2.32 bits per heavy atom. The molecule has 0 bridgehead atoms. The van der Waals surface area contributed by atoms with Crippen molar-refractivity contribution in [2.45, 2.75) is 19.1 Å². The highest BCUT2D eigenvalue weighted by molar-refractivity contribution is 5.84. The molecule has 19 heavy (non-hydrogen) atoms. The summed E-state index contributed by atoms with van der Waals surface area (Å²) in [5.74, 6) is -0.458. The number of methoxy groups -OCH3 is 1. The fourth-order valence-corrected chi connectivity index (χ4v) is 1.94. The minimum atomic E-state index is -1.48. The number of rotatable bonds is 4. The van der Waals surface area contributed by atoms with E-state index in [1.54, 1.807) is 19.2 Å². The van der Waals surface area contributed by atoms with E-state index in [0.29, 0.717) is 12.3 Å². The van der Waals surface area contributed by atoms with Crippen LogP contribution in [0.5, 0.6) is 5.75 Å². The third-order valence-corrected chi connectivity index (χ3v) is 3.02. The van der Waals surface area contributed by atoms with Gasteiger partial charge in [-0.15, -0.1) is 0 Å². The molecule has 1 atom stereocenters. The lowest BCUT2D eigenvalue weighted by Crippen LogP contribution is -2.39. The monoisotopic (exact) mass is 265 g/mol. The van der Waals surface area contributed by atoms with Gasteiger partial charge in [-0.1, -0.05) is 12.1 Å². The maximum absolute atomic E-state index is 11.7. The van der Waals surface area contributed by atoms with E-state index >= 15 is 0 Å². The topological polar surface area (TPSA) is 76.1 Å². The summed E-state index contributed by atoms with van der Waals surface area (Å²) < 4.78 is 10.0. The van der Waals surface area contributed by atoms with E-state index in [0.717, 1.165) is 5.56 Å². The number of carbonyl (C=O) groups excluding carboxylic acids is 1. The van der Waals surface area contributed by atoms with Crippen LogP contribution in [0.1, 0.15) is 12.5 Å². The highest BCUT2D eigenvalue weighted by Gasteiger charge is 2.47. The smallest absolute Gasteiger partial charge is 0.411 e. The SMILES string of the molecule is COc1cccc(CN2CC(C)(C(=O)O)OC2=O)c1. The van der Waals surface area contributed by atoms with E-state index in [1.165, 1.54) is 11.8 Å². The summed E-state index contributed by atoms with van der Waals surface area (Å²) in [6, 6.07) is 7.25. The molecule has 1 aromatic carbocycles. The van der Waals surface area contributed by atoms with E-state index in [9.17, 15) is 9.59 Å². The molecule has 1 N–H and O–H groups in total. The number of benzene rings is 1. The van der Waals surface area contributed by atoms with Crippen LogP contribution in [0, 0.1) is 0 Å². The van der Waals surface area contributed by atoms with Gasteiger partial charge in [-0.05, 0) is 24.6 Å². The predicted octanol–water partition coefficient (Wildman–Crippen LogP) is 1.49.